The molecule has 0 amide bonds. The molecular weight excluding hydrogens is 294 g/mol. The molecule has 2 aromatic heterocycles. The Balaban J connectivity index is 2.15. The maximum atomic E-state index is 4.57. The Kier molecular flexibility index (Phi) is 4.06. The van der Waals surface area contributed by atoms with Crippen molar-refractivity contribution in [3.05, 3.63) is 28.1 Å². The normalized spacial score (nSPS) is 10.9. The van der Waals surface area contributed by atoms with Crippen LogP contribution in [0.4, 0.5) is 5.82 Å². The molecular formula is C12H18BrN5. The van der Waals surface area contributed by atoms with E-state index in [1.165, 1.54) is 5.69 Å². The van der Waals surface area contributed by atoms with Gasteiger partial charge in [-0.05, 0) is 29.3 Å². The van der Waals surface area contributed by atoms with Crippen molar-refractivity contribution < 1.29 is 0 Å². The maximum Gasteiger partial charge on any atom is 0.148 e. The molecule has 0 aromatic carbocycles. The van der Waals surface area contributed by atoms with Crippen molar-refractivity contribution >= 4 is 21.7 Å². The summed E-state index contributed by atoms with van der Waals surface area (Å²) in [6, 6.07) is 1.96. The van der Waals surface area contributed by atoms with Crippen LogP contribution in [-0.4, -0.2) is 19.6 Å². The van der Waals surface area contributed by atoms with E-state index in [0.29, 0.717) is 0 Å². The van der Waals surface area contributed by atoms with Crippen molar-refractivity contribution in [3.63, 3.8) is 0 Å². The number of nitrogens with zero attached hydrogens (tertiary/aromatic N) is 4. The monoisotopic (exact) mass is 311 g/mol. The molecule has 5 nitrogen and oxygen atoms in total. The van der Waals surface area contributed by atoms with Gasteiger partial charge >= 0.3 is 0 Å². The third-order valence-electron chi connectivity index (χ3n) is 2.84. The van der Waals surface area contributed by atoms with Gasteiger partial charge in [0.15, 0.2) is 0 Å². The van der Waals surface area contributed by atoms with Crippen LogP contribution in [0.2, 0.25) is 0 Å². The highest BCUT2D eigenvalue weighted by Crippen LogP contribution is 2.23. The molecule has 0 atom stereocenters. The van der Waals surface area contributed by atoms with E-state index >= 15 is 0 Å². The molecule has 0 fully saturated rings. The van der Waals surface area contributed by atoms with Crippen LogP contribution in [0.3, 0.4) is 0 Å². The highest BCUT2D eigenvalue weighted by molar-refractivity contribution is 9.10. The lowest BCUT2D eigenvalue weighted by Gasteiger charge is -2.06. The molecule has 2 heterocycles. The summed E-state index contributed by atoms with van der Waals surface area (Å²) >= 11 is 3.63. The average Bonchev–Trinajstić information content (AvgIpc) is 2.91. The Hall–Kier alpha value is -1.30. The lowest BCUT2D eigenvalue weighted by Crippen LogP contribution is -2.08. The van der Waals surface area contributed by atoms with Crippen molar-refractivity contribution in [2.24, 2.45) is 7.05 Å². The van der Waals surface area contributed by atoms with Crippen molar-refractivity contribution in [1.82, 2.24) is 19.6 Å². The molecule has 0 bridgehead atoms. The Bertz CT molecular complexity index is 529. The smallest absolute Gasteiger partial charge is 0.148 e. The molecule has 0 aliphatic heterocycles. The summed E-state index contributed by atoms with van der Waals surface area (Å²) in [5.74, 6) is 0.881. The molecule has 18 heavy (non-hydrogen) atoms. The quantitative estimate of drug-likeness (QED) is 0.923. The zero-order valence-corrected chi connectivity index (χ0v) is 12.5. The molecule has 0 radical (unpaired) electrons. The minimum atomic E-state index is 0.721. The largest absolute Gasteiger partial charge is 0.363 e. The highest BCUT2D eigenvalue weighted by Gasteiger charge is 2.13. The molecule has 0 saturated heterocycles. The highest BCUT2D eigenvalue weighted by atomic mass is 79.9. The van der Waals surface area contributed by atoms with E-state index in [2.05, 4.69) is 45.3 Å². The van der Waals surface area contributed by atoms with E-state index in [-0.39, 0.29) is 0 Å². The fraction of sp³-hybridized carbons (Fsp3) is 0.500. The molecule has 0 unspecified atom stereocenters. The first kappa shape index (κ1) is 13.1. The third kappa shape index (κ3) is 2.58. The van der Waals surface area contributed by atoms with Crippen molar-refractivity contribution in [1.29, 1.82) is 0 Å². The second-order valence-electron chi connectivity index (χ2n) is 4.10. The standard InChI is InChI=1S/C12H18BrN5/c1-4-9-12(13)10(18(5-2)15-9)8-14-11-6-7-17(3)16-11/h6-7H,4-5,8H2,1-3H3,(H,14,16). The van der Waals surface area contributed by atoms with Crippen LogP contribution < -0.4 is 5.32 Å². The molecule has 1 N–H and O–H groups in total. The predicted molar refractivity (Wildman–Crippen MR) is 75.5 cm³/mol. The fourth-order valence-electron chi connectivity index (χ4n) is 1.87. The fourth-order valence-corrected chi connectivity index (χ4v) is 2.57. The second kappa shape index (κ2) is 5.56. The van der Waals surface area contributed by atoms with Gasteiger partial charge in [-0.3, -0.25) is 9.36 Å². The zero-order chi connectivity index (χ0) is 13.1. The van der Waals surface area contributed by atoms with Crippen LogP contribution in [0.5, 0.6) is 0 Å². The van der Waals surface area contributed by atoms with Crippen molar-refractivity contribution in [2.45, 2.75) is 33.4 Å². The Labute approximate surface area is 115 Å². The molecule has 0 aliphatic carbocycles. The SMILES string of the molecule is CCc1nn(CC)c(CNc2ccn(C)n2)c1Br. The molecule has 0 aliphatic rings. The predicted octanol–water partition coefficient (Wildman–Crippen LogP) is 2.57. The van der Waals surface area contributed by atoms with Crippen LogP contribution in [0.15, 0.2) is 16.7 Å². The van der Waals surface area contributed by atoms with Crippen LogP contribution in [0.25, 0.3) is 0 Å². The Morgan fingerprint density at radius 3 is 2.67 bits per heavy atom. The number of aryl methyl sites for hydroxylation is 3. The van der Waals surface area contributed by atoms with E-state index < -0.39 is 0 Å². The van der Waals surface area contributed by atoms with Crippen LogP contribution in [-0.2, 0) is 26.6 Å². The Morgan fingerprint density at radius 2 is 2.11 bits per heavy atom. The molecule has 0 saturated carbocycles. The van der Waals surface area contributed by atoms with Gasteiger partial charge in [0.25, 0.3) is 0 Å². The number of anilines is 1. The summed E-state index contributed by atoms with van der Waals surface area (Å²) in [5.41, 5.74) is 2.27. The summed E-state index contributed by atoms with van der Waals surface area (Å²) in [5, 5.41) is 12.2. The van der Waals surface area contributed by atoms with E-state index in [4.69, 9.17) is 0 Å². The minimum Gasteiger partial charge on any atom is -0.363 e. The maximum absolute atomic E-state index is 4.57. The molecule has 2 rings (SSSR count). The van der Waals surface area contributed by atoms with Gasteiger partial charge in [-0.2, -0.15) is 10.2 Å². The van der Waals surface area contributed by atoms with Gasteiger partial charge in [-0.1, -0.05) is 6.92 Å². The Morgan fingerprint density at radius 1 is 1.33 bits per heavy atom. The van der Waals surface area contributed by atoms with E-state index in [1.54, 1.807) is 4.68 Å². The first-order valence-electron chi connectivity index (χ1n) is 6.13. The lowest BCUT2D eigenvalue weighted by atomic mass is 10.3. The number of rotatable bonds is 5. The van der Waals surface area contributed by atoms with Gasteiger partial charge in [-0.25, -0.2) is 0 Å². The molecule has 2 aromatic rings. The number of hydrogen-bond donors (Lipinski definition) is 1. The third-order valence-corrected chi connectivity index (χ3v) is 3.76. The zero-order valence-electron chi connectivity index (χ0n) is 10.9. The van der Waals surface area contributed by atoms with Gasteiger partial charge in [0.05, 0.1) is 22.4 Å². The van der Waals surface area contributed by atoms with Crippen molar-refractivity contribution in [3.8, 4) is 0 Å². The number of hydrogen-bond acceptors (Lipinski definition) is 3. The topological polar surface area (TPSA) is 47.7 Å². The molecule has 0 spiro atoms. The van der Waals surface area contributed by atoms with Gasteiger partial charge in [-0.15, -0.1) is 0 Å². The first-order chi connectivity index (χ1) is 8.65. The lowest BCUT2D eigenvalue weighted by molar-refractivity contribution is 0.618. The van der Waals surface area contributed by atoms with E-state index in [0.717, 1.165) is 35.5 Å². The second-order valence-corrected chi connectivity index (χ2v) is 4.90. The summed E-state index contributed by atoms with van der Waals surface area (Å²) in [6.45, 7) is 5.81. The number of nitrogens with one attached hydrogen (secondary N) is 1. The average molecular weight is 312 g/mol. The van der Waals surface area contributed by atoms with Crippen molar-refractivity contribution in [2.75, 3.05) is 5.32 Å². The summed E-state index contributed by atoms with van der Waals surface area (Å²) in [6.07, 6.45) is 2.86. The van der Waals surface area contributed by atoms with Gasteiger partial charge < -0.3 is 5.32 Å². The summed E-state index contributed by atoms with van der Waals surface area (Å²) in [4.78, 5) is 0. The van der Waals surface area contributed by atoms with Crippen LogP contribution in [0, 0.1) is 0 Å². The van der Waals surface area contributed by atoms with Gasteiger partial charge in [0.1, 0.15) is 5.82 Å². The molecule has 98 valence electrons. The summed E-state index contributed by atoms with van der Waals surface area (Å²) in [7, 11) is 1.91. The first-order valence-corrected chi connectivity index (χ1v) is 6.92. The van der Waals surface area contributed by atoms with Crippen LogP contribution in [0.1, 0.15) is 25.2 Å². The minimum absolute atomic E-state index is 0.721. The van der Waals surface area contributed by atoms with E-state index in [1.807, 2.05) is 24.0 Å². The summed E-state index contributed by atoms with van der Waals surface area (Å²) < 4.78 is 4.92. The van der Waals surface area contributed by atoms with Crippen LogP contribution >= 0.6 is 15.9 Å². The van der Waals surface area contributed by atoms with Gasteiger partial charge in [0, 0.05) is 25.9 Å². The van der Waals surface area contributed by atoms with Gasteiger partial charge in [0.2, 0.25) is 0 Å². The molecule has 6 heteroatoms. The number of aromatic nitrogens is 4. The number of halogens is 1. The van der Waals surface area contributed by atoms with E-state index in [9.17, 15) is 0 Å².